The van der Waals surface area contributed by atoms with Gasteiger partial charge in [-0.3, -0.25) is 9.52 Å². The molecule has 0 aliphatic rings. The van der Waals surface area contributed by atoms with Crippen molar-refractivity contribution in [3.05, 3.63) is 119 Å². The van der Waals surface area contributed by atoms with E-state index in [-0.39, 0.29) is 16.1 Å². The standard InChI is InChI=1S/C28H22ClN3O6S/c1-37-24-14-6-21(7-15-24)28(34)38-25-12-2-19(3-13-25)18-30-31-27(33)20-4-10-23(11-5-20)32-39(35,36)26-16-8-22(29)9-17-26/h2-18,32H,1H3,(H,31,33)/b30-18+. The number of carbonyl (C=O) groups excluding carboxylic acids is 2. The minimum atomic E-state index is -3.80. The van der Waals surface area contributed by atoms with Crippen LogP contribution in [0, 0.1) is 0 Å². The molecule has 0 aliphatic heterocycles. The van der Waals surface area contributed by atoms with E-state index in [0.717, 1.165) is 0 Å². The van der Waals surface area contributed by atoms with Crippen molar-refractivity contribution in [2.24, 2.45) is 5.10 Å². The van der Waals surface area contributed by atoms with Gasteiger partial charge in [-0.15, -0.1) is 0 Å². The molecule has 0 fully saturated rings. The molecule has 0 aliphatic carbocycles. The molecule has 0 saturated heterocycles. The third-order valence-electron chi connectivity index (χ3n) is 5.32. The Bertz CT molecular complexity index is 1590. The van der Waals surface area contributed by atoms with Crippen LogP contribution in [0.15, 0.2) is 107 Å². The van der Waals surface area contributed by atoms with E-state index in [0.29, 0.717) is 27.6 Å². The average molecular weight is 564 g/mol. The minimum Gasteiger partial charge on any atom is -0.497 e. The van der Waals surface area contributed by atoms with Gasteiger partial charge in [-0.2, -0.15) is 5.10 Å². The predicted octanol–water partition coefficient (Wildman–Crippen LogP) is 5.13. The van der Waals surface area contributed by atoms with Crippen molar-refractivity contribution in [1.82, 2.24) is 5.43 Å². The van der Waals surface area contributed by atoms with Gasteiger partial charge in [0.05, 0.1) is 23.8 Å². The Balaban J connectivity index is 1.29. The monoisotopic (exact) mass is 563 g/mol. The summed E-state index contributed by atoms with van der Waals surface area (Å²) in [5, 5.41) is 4.36. The lowest BCUT2D eigenvalue weighted by molar-refractivity contribution is 0.0734. The topological polar surface area (TPSA) is 123 Å². The number of amides is 1. The van der Waals surface area contributed by atoms with E-state index < -0.39 is 21.9 Å². The molecular weight excluding hydrogens is 542 g/mol. The molecule has 0 aromatic heterocycles. The molecule has 1 amide bonds. The highest BCUT2D eigenvalue weighted by atomic mass is 35.5. The van der Waals surface area contributed by atoms with Crippen molar-refractivity contribution in [1.29, 1.82) is 0 Å². The van der Waals surface area contributed by atoms with E-state index in [1.807, 2.05) is 0 Å². The fourth-order valence-corrected chi connectivity index (χ4v) is 4.45. The number of ether oxygens (including phenoxy) is 2. The maximum atomic E-state index is 12.5. The maximum absolute atomic E-state index is 12.5. The molecule has 0 heterocycles. The van der Waals surface area contributed by atoms with Crippen molar-refractivity contribution < 1.29 is 27.5 Å². The molecule has 0 unspecified atom stereocenters. The number of hydrogen-bond donors (Lipinski definition) is 2. The fourth-order valence-electron chi connectivity index (χ4n) is 3.26. The molecule has 0 radical (unpaired) electrons. The van der Waals surface area contributed by atoms with Crippen molar-refractivity contribution in [3.8, 4) is 11.5 Å². The number of anilines is 1. The fraction of sp³-hybridized carbons (Fsp3) is 0.0357. The second kappa shape index (κ2) is 12.2. The number of nitrogens with one attached hydrogen (secondary N) is 2. The van der Waals surface area contributed by atoms with Crippen LogP contribution in [0.3, 0.4) is 0 Å². The zero-order valence-corrected chi connectivity index (χ0v) is 22.1. The highest BCUT2D eigenvalue weighted by Crippen LogP contribution is 2.19. The molecule has 2 N–H and O–H groups in total. The van der Waals surface area contributed by atoms with Crippen molar-refractivity contribution in [2.45, 2.75) is 4.90 Å². The molecule has 4 aromatic carbocycles. The summed E-state index contributed by atoms with van der Waals surface area (Å²) < 4.78 is 37.9. The zero-order chi connectivity index (χ0) is 27.8. The van der Waals surface area contributed by atoms with Crippen LogP contribution in [0.2, 0.25) is 5.02 Å². The summed E-state index contributed by atoms with van der Waals surface area (Å²) in [6.07, 6.45) is 1.43. The Kier molecular flexibility index (Phi) is 8.60. The average Bonchev–Trinajstić information content (AvgIpc) is 2.94. The van der Waals surface area contributed by atoms with Crippen molar-refractivity contribution in [2.75, 3.05) is 11.8 Å². The van der Waals surface area contributed by atoms with Crippen LogP contribution >= 0.6 is 11.6 Å². The second-order valence-corrected chi connectivity index (χ2v) is 10.1. The smallest absolute Gasteiger partial charge is 0.343 e. The largest absolute Gasteiger partial charge is 0.497 e. The van der Waals surface area contributed by atoms with Crippen molar-refractivity contribution in [3.63, 3.8) is 0 Å². The molecule has 39 heavy (non-hydrogen) atoms. The Morgan fingerprint density at radius 2 is 1.38 bits per heavy atom. The van der Waals surface area contributed by atoms with E-state index in [9.17, 15) is 18.0 Å². The number of carbonyl (C=O) groups is 2. The Hall–Kier alpha value is -4.67. The zero-order valence-electron chi connectivity index (χ0n) is 20.5. The van der Waals surface area contributed by atoms with Gasteiger partial charge < -0.3 is 9.47 Å². The van der Waals surface area contributed by atoms with E-state index >= 15 is 0 Å². The first kappa shape index (κ1) is 27.4. The lowest BCUT2D eigenvalue weighted by Crippen LogP contribution is -2.18. The number of halogens is 1. The van der Waals surface area contributed by atoms with Gasteiger partial charge in [-0.1, -0.05) is 11.6 Å². The second-order valence-electron chi connectivity index (χ2n) is 8.02. The first-order chi connectivity index (χ1) is 18.7. The van der Waals surface area contributed by atoms with Crippen LogP contribution in [0.25, 0.3) is 0 Å². The van der Waals surface area contributed by atoms with Gasteiger partial charge in [0, 0.05) is 16.3 Å². The molecule has 4 aromatic rings. The first-order valence-electron chi connectivity index (χ1n) is 11.4. The van der Waals surface area contributed by atoms with Gasteiger partial charge in [-0.05, 0) is 103 Å². The van der Waals surface area contributed by atoms with Crippen LogP contribution in [-0.4, -0.2) is 33.6 Å². The Labute approximate surface area is 230 Å². The number of nitrogens with zero attached hydrogens (tertiary/aromatic N) is 1. The Morgan fingerprint density at radius 3 is 2.00 bits per heavy atom. The van der Waals surface area contributed by atoms with Crippen LogP contribution in [0.4, 0.5) is 5.69 Å². The van der Waals surface area contributed by atoms with E-state index in [4.69, 9.17) is 21.1 Å². The molecule has 0 bridgehead atoms. The van der Waals surface area contributed by atoms with Crippen LogP contribution in [0.1, 0.15) is 26.3 Å². The first-order valence-corrected chi connectivity index (χ1v) is 13.3. The van der Waals surface area contributed by atoms with Gasteiger partial charge in [0.1, 0.15) is 11.5 Å². The van der Waals surface area contributed by atoms with Gasteiger partial charge in [-0.25, -0.2) is 18.6 Å². The molecule has 0 atom stereocenters. The van der Waals surface area contributed by atoms with Crippen LogP contribution in [0.5, 0.6) is 11.5 Å². The molecular formula is C28H22ClN3O6S. The number of methoxy groups -OCH3 is 1. The summed E-state index contributed by atoms with van der Waals surface area (Å²) in [6, 6.07) is 24.8. The molecule has 9 nitrogen and oxygen atoms in total. The van der Waals surface area contributed by atoms with E-state index in [1.54, 1.807) is 55.6 Å². The molecule has 198 valence electrons. The van der Waals surface area contributed by atoms with Gasteiger partial charge >= 0.3 is 5.97 Å². The SMILES string of the molecule is COc1ccc(C(=O)Oc2ccc(/C=N/NC(=O)c3ccc(NS(=O)(=O)c4ccc(Cl)cc4)cc3)cc2)cc1. The van der Waals surface area contributed by atoms with E-state index in [1.165, 1.54) is 54.7 Å². The van der Waals surface area contributed by atoms with Gasteiger partial charge in [0.15, 0.2) is 0 Å². The highest BCUT2D eigenvalue weighted by Gasteiger charge is 2.14. The number of hydrazone groups is 1. The molecule has 0 saturated carbocycles. The third-order valence-corrected chi connectivity index (χ3v) is 6.97. The number of rotatable bonds is 9. The summed E-state index contributed by atoms with van der Waals surface area (Å²) in [5.41, 5.74) is 4.02. The summed E-state index contributed by atoms with van der Waals surface area (Å²) in [5.74, 6) is -0.000645. The molecule has 11 heteroatoms. The quantitative estimate of drug-likeness (QED) is 0.126. The Morgan fingerprint density at radius 1 is 0.795 bits per heavy atom. The van der Waals surface area contributed by atoms with Gasteiger partial charge in [0.2, 0.25) is 0 Å². The van der Waals surface area contributed by atoms with Crippen LogP contribution in [-0.2, 0) is 10.0 Å². The lowest BCUT2D eigenvalue weighted by atomic mass is 10.2. The third kappa shape index (κ3) is 7.44. The lowest BCUT2D eigenvalue weighted by Gasteiger charge is -2.09. The summed E-state index contributed by atoms with van der Waals surface area (Å²) in [4.78, 5) is 24.7. The highest BCUT2D eigenvalue weighted by molar-refractivity contribution is 7.92. The molecule has 0 spiro atoms. The van der Waals surface area contributed by atoms with Crippen LogP contribution < -0.4 is 19.6 Å². The molecule has 4 rings (SSSR count). The van der Waals surface area contributed by atoms with Crippen molar-refractivity contribution >= 4 is 45.4 Å². The maximum Gasteiger partial charge on any atom is 0.343 e. The minimum absolute atomic E-state index is 0.0616. The predicted molar refractivity (Wildman–Crippen MR) is 148 cm³/mol. The summed E-state index contributed by atoms with van der Waals surface area (Å²) in [7, 11) is -2.26. The van der Waals surface area contributed by atoms with Gasteiger partial charge in [0.25, 0.3) is 15.9 Å². The normalized spacial score (nSPS) is 11.1. The summed E-state index contributed by atoms with van der Waals surface area (Å²) >= 11 is 5.81. The number of sulfonamides is 1. The number of benzene rings is 4. The number of hydrogen-bond acceptors (Lipinski definition) is 7. The number of esters is 1. The van der Waals surface area contributed by atoms with E-state index in [2.05, 4.69) is 15.2 Å². The summed E-state index contributed by atoms with van der Waals surface area (Å²) in [6.45, 7) is 0.